The number of alkyl halides is 6. The summed E-state index contributed by atoms with van der Waals surface area (Å²) in [7, 11) is 0. The van der Waals surface area contributed by atoms with E-state index in [0.717, 1.165) is 6.07 Å². The van der Waals surface area contributed by atoms with Crippen molar-refractivity contribution in [2.75, 3.05) is 0 Å². The van der Waals surface area contributed by atoms with E-state index in [1.54, 1.807) is 0 Å². The quantitative estimate of drug-likeness (QED) is 0.659. The monoisotopic (exact) mass is 274 g/mol. The van der Waals surface area contributed by atoms with Gasteiger partial charge in [-0.1, -0.05) is 25.5 Å². The number of aryl methyl sites for hydroxylation is 1. The van der Waals surface area contributed by atoms with Crippen molar-refractivity contribution in [3.8, 4) is 5.75 Å². The molecule has 0 saturated heterocycles. The summed E-state index contributed by atoms with van der Waals surface area (Å²) < 4.78 is 75.8. The minimum atomic E-state index is -5.14. The van der Waals surface area contributed by atoms with Gasteiger partial charge in [0.1, 0.15) is 5.75 Å². The van der Waals surface area contributed by atoms with Gasteiger partial charge in [0.25, 0.3) is 0 Å². The Morgan fingerprint density at radius 1 is 0.944 bits per heavy atom. The molecule has 104 valence electrons. The van der Waals surface area contributed by atoms with Gasteiger partial charge >= 0.3 is 12.5 Å². The van der Waals surface area contributed by atoms with Crippen molar-refractivity contribution >= 4 is 0 Å². The van der Waals surface area contributed by atoms with Crippen LogP contribution in [0.5, 0.6) is 5.75 Å². The topological polar surface area (TPSA) is 9.23 Å². The number of ether oxygens (including phenoxy) is 1. The van der Waals surface area contributed by atoms with Crippen LogP contribution in [0.25, 0.3) is 0 Å². The van der Waals surface area contributed by atoms with Crippen LogP contribution < -0.4 is 4.74 Å². The van der Waals surface area contributed by atoms with Gasteiger partial charge in [0, 0.05) is 0 Å². The van der Waals surface area contributed by atoms with Crippen molar-refractivity contribution in [3.63, 3.8) is 0 Å². The lowest BCUT2D eigenvalue weighted by atomic mass is 10.1. The zero-order chi connectivity index (χ0) is 14.6. The zero-order valence-corrected chi connectivity index (χ0v) is 9.91. The van der Waals surface area contributed by atoms with E-state index >= 15 is 0 Å². The van der Waals surface area contributed by atoms with Crippen LogP contribution in [0.15, 0.2) is 18.2 Å². The predicted molar refractivity (Wildman–Crippen MR) is 54.2 cm³/mol. The van der Waals surface area contributed by atoms with Crippen LogP contribution >= 0.6 is 0 Å². The number of benzene rings is 1. The van der Waals surface area contributed by atoms with Gasteiger partial charge < -0.3 is 4.74 Å². The van der Waals surface area contributed by atoms with E-state index in [4.69, 9.17) is 0 Å². The molecule has 0 aromatic heterocycles. The Labute approximate surface area is 100 Å². The number of halogens is 6. The van der Waals surface area contributed by atoms with Gasteiger partial charge in [0.15, 0.2) is 0 Å². The second kappa shape index (κ2) is 5.97. The van der Waals surface area contributed by atoms with E-state index in [1.165, 1.54) is 6.92 Å². The summed E-state index contributed by atoms with van der Waals surface area (Å²) in [6, 6.07) is 2.35. The molecule has 18 heavy (non-hydrogen) atoms. The Balaban J connectivity index is 0.00000137. The van der Waals surface area contributed by atoms with Gasteiger partial charge in [0.2, 0.25) is 0 Å². The highest BCUT2D eigenvalue weighted by molar-refractivity contribution is 5.39. The molecule has 0 aliphatic heterocycles. The molecule has 0 bridgehead atoms. The predicted octanol–water partition coefficient (Wildman–Crippen LogP) is 4.94. The maximum absolute atomic E-state index is 12.4. The van der Waals surface area contributed by atoms with Gasteiger partial charge in [-0.05, 0) is 19.1 Å². The molecule has 0 saturated carbocycles. The second-order valence-corrected chi connectivity index (χ2v) is 3.05. The first-order chi connectivity index (χ1) is 8.09. The molecule has 0 spiro atoms. The highest BCUT2D eigenvalue weighted by Crippen LogP contribution is 2.38. The smallest absolute Gasteiger partial charge is 0.405 e. The average Bonchev–Trinajstić information content (AvgIpc) is 2.20. The summed E-state index contributed by atoms with van der Waals surface area (Å²) in [5, 5.41) is 0. The Bertz CT molecular complexity index is 380. The lowest BCUT2D eigenvalue weighted by Crippen LogP contribution is -2.20. The van der Waals surface area contributed by atoms with E-state index in [2.05, 4.69) is 4.74 Å². The largest absolute Gasteiger partial charge is 0.573 e. The fourth-order valence-electron chi connectivity index (χ4n) is 1.08. The fraction of sp³-hybridized carbons (Fsp3) is 0.455. The maximum atomic E-state index is 12.4. The van der Waals surface area contributed by atoms with Gasteiger partial charge in [0.05, 0.1) is 5.56 Å². The Morgan fingerprint density at radius 2 is 1.44 bits per heavy atom. The van der Waals surface area contributed by atoms with Crippen LogP contribution in [0, 0.1) is 6.92 Å². The molecular formula is C11H12F6O. The van der Waals surface area contributed by atoms with Crippen LogP contribution in [-0.2, 0) is 6.18 Å². The third-order valence-corrected chi connectivity index (χ3v) is 1.67. The van der Waals surface area contributed by atoms with E-state index in [0.29, 0.717) is 12.1 Å². The lowest BCUT2D eigenvalue weighted by molar-refractivity contribution is -0.276. The van der Waals surface area contributed by atoms with Crippen molar-refractivity contribution in [3.05, 3.63) is 29.3 Å². The van der Waals surface area contributed by atoms with E-state index in [-0.39, 0.29) is 5.56 Å². The molecule has 1 rings (SSSR count). The molecule has 0 N–H and O–H groups in total. The molecule has 1 nitrogen and oxygen atoms in total. The standard InChI is InChI=1S/C9H6F6O.C2H6/c1-5-2-3-7(16-9(13,14)15)6(4-5)8(10,11)12;1-2/h2-4H,1H3;1-2H3. The lowest BCUT2D eigenvalue weighted by Gasteiger charge is -2.15. The van der Waals surface area contributed by atoms with E-state index < -0.39 is 23.9 Å². The molecule has 0 fully saturated rings. The molecule has 0 unspecified atom stereocenters. The highest BCUT2D eigenvalue weighted by atomic mass is 19.4. The molecule has 0 amide bonds. The highest BCUT2D eigenvalue weighted by Gasteiger charge is 2.39. The van der Waals surface area contributed by atoms with Gasteiger partial charge in [-0.3, -0.25) is 0 Å². The third kappa shape index (κ3) is 5.29. The fourth-order valence-corrected chi connectivity index (χ4v) is 1.08. The van der Waals surface area contributed by atoms with Crippen molar-refractivity contribution in [1.82, 2.24) is 0 Å². The average molecular weight is 274 g/mol. The zero-order valence-electron chi connectivity index (χ0n) is 9.91. The van der Waals surface area contributed by atoms with Gasteiger partial charge in [-0.25, -0.2) is 0 Å². The maximum Gasteiger partial charge on any atom is 0.573 e. The van der Waals surface area contributed by atoms with Crippen molar-refractivity contribution in [1.29, 1.82) is 0 Å². The summed E-state index contributed by atoms with van der Waals surface area (Å²) in [4.78, 5) is 0. The van der Waals surface area contributed by atoms with E-state index in [9.17, 15) is 26.3 Å². The molecular weight excluding hydrogens is 262 g/mol. The summed E-state index contributed by atoms with van der Waals surface area (Å²) >= 11 is 0. The first kappa shape index (κ1) is 16.6. The molecule has 7 heteroatoms. The second-order valence-electron chi connectivity index (χ2n) is 3.05. The molecule has 1 aromatic carbocycles. The Kier molecular flexibility index (Phi) is 5.51. The van der Waals surface area contributed by atoms with Gasteiger partial charge in [-0.15, -0.1) is 13.2 Å². The molecule has 0 atom stereocenters. The van der Waals surface area contributed by atoms with Crippen LogP contribution in [0.4, 0.5) is 26.3 Å². The number of hydrogen-bond donors (Lipinski definition) is 0. The Morgan fingerprint density at radius 3 is 1.83 bits per heavy atom. The van der Waals surface area contributed by atoms with Gasteiger partial charge in [-0.2, -0.15) is 13.2 Å². The molecule has 0 aliphatic rings. The Hall–Kier alpha value is -1.40. The summed E-state index contributed by atoms with van der Waals surface area (Å²) in [5.74, 6) is -1.24. The van der Waals surface area contributed by atoms with Crippen molar-refractivity contribution in [2.24, 2.45) is 0 Å². The van der Waals surface area contributed by atoms with Crippen LogP contribution in [0.2, 0.25) is 0 Å². The minimum absolute atomic E-state index is 0.196. The van der Waals surface area contributed by atoms with Crippen LogP contribution in [0.3, 0.4) is 0 Å². The van der Waals surface area contributed by atoms with Crippen molar-refractivity contribution < 1.29 is 31.1 Å². The van der Waals surface area contributed by atoms with E-state index in [1.807, 2.05) is 13.8 Å². The minimum Gasteiger partial charge on any atom is -0.405 e. The third-order valence-electron chi connectivity index (χ3n) is 1.67. The molecule has 0 radical (unpaired) electrons. The summed E-state index contributed by atoms with van der Waals surface area (Å²) in [6.45, 7) is 5.34. The van der Waals surface area contributed by atoms with Crippen LogP contribution in [-0.4, -0.2) is 6.36 Å². The number of hydrogen-bond acceptors (Lipinski definition) is 1. The summed E-state index contributed by atoms with van der Waals surface area (Å²) in [6.07, 6.45) is -10.0. The number of rotatable bonds is 1. The van der Waals surface area contributed by atoms with Crippen molar-refractivity contribution in [2.45, 2.75) is 33.3 Å². The first-order valence-corrected chi connectivity index (χ1v) is 5.03. The first-order valence-electron chi connectivity index (χ1n) is 5.03. The molecule has 0 aliphatic carbocycles. The molecule has 0 heterocycles. The summed E-state index contributed by atoms with van der Waals surface area (Å²) in [5.41, 5.74) is -1.24. The normalized spacial score (nSPS) is 11.6. The molecule has 1 aromatic rings. The van der Waals surface area contributed by atoms with Crippen LogP contribution in [0.1, 0.15) is 25.0 Å². The SMILES string of the molecule is CC.Cc1ccc(OC(F)(F)F)c(C(F)(F)F)c1.